The standard InChI is InChI=1S/C6H4IN3/c7-5-3-1-2-4-6(5)9-10-8/h1-4H. The molecule has 1 aromatic carbocycles. The van der Waals surface area contributed by atoms with Crippen LogP contribution in [0, 0.1) is 3.57 Å². The lowest BCUT2D eigenvalue weighted by atomic mass is 10.3. The SMILES string of the molecule is [N-]=[N+]=Nc1ccccc1I. The van der Waals surface area contributed by atoms with Gasteiger partial charge in [-0.2, -0.15) is 0 Å². The highest BCUT2D eigenvalue weighted by atomic mass is 127. The van der Waals surface area contributed by atoms with Gasteiger partial charge in [0.15, 0.2) is 0 Å². The number of hydrogen-bond acceptors (Lipinski definition) is 1. The number of halogens is 1. The van der Waals surface area contributed by atoms with Gasteiger partial charge < -0.3 is 0 Å². The summed E-state index contributed by atoms with van der Waals surface area (Å²) < 4.78 is 0.970. The lowest BCUT2D eigenvalue weighted by Gasteiger charge is -1.91. The summed E-state index contributed by atoms with van der Waals surface area (Å²) in [6.07, 6.45) is 0. The normalized spacial score (nSPS) is 8.50. The molecule has 4 heteroatoms. The molecule has 0 fully saturated rings. The molecular weight excluding hydrogens is 241 g/mol. The van der Waals surface area contributed by atoms with Gasteiger partial charge in [-0.25, -0.2) is 0 Å². The highest BCUT2D eigenvalue weighted by Crippen LogP contribution is 2.19. The van der Waals surface area contributed by atoms with E-state index in [1.807, 2.05) is 18.2 Å². The largest absolute Gasteiger partial charge is 0.0617 e. The van der Waals surface area contributed by atoms with Gasteiger partial charge in [-0.1, -0.05) is 23.3 Å². The van der Waals surface area contributed by atoms with Crippen LogP contribution in [0.4, 0.5) is 5.69 Å². The number of azide groups is 1. The van der Waals surface area contributed by atoms with Crippen molar-refractivity contribution in [3.8, 4) is 0 Å². The van der Waals surface area contributed by atoms with Crippen molar-refractivity contribution >= 4 is 28.3 Å². The molecule has 1 rings (SSSR count). The van der Waals surface area contributed by atoms with Gasteiger partial charge in [-0.3, -0.25) is 0 Å². The summed E-state index contributed by atoms with van der Waals surface area (Å²) in [6.45, 7) is 0. The molecule has 3 nitrogen and oxygen atoms in total. The van der Waals surface area contributed by atoms with Gasteiger partial charge in [0.2, 0.25) is 0 Å². The fraction of sp³-hybridized carbons (Fsp3) is 0. The third kappa shape index (κ3) is 1.62. The molecule has 1 aromatic rings. The zero-order chi connectivity index (χ0) is 7.40. The molecule has 0 aliphatic rings. The van der Waals surface area contributed by atoms with Crippen LogP contribution in [0.1, 0.15) is 0 Å². The first-order valence-corrected chi connectivity index (χ1v) is 3.72. The summed E-state index contributed by atoms with van der Waals surface area (Å²) in [5.74, 6) is 0. The smallest absolute Gasteiger partial charge is 0.0508 e. The second kappa shape index (κ2) is 3.43. The Morgan fingerprint density at radius 1 is 1.40 bits per heavy atom. The Bertz CT molecular complexity index is 278. The van der Waals surface area contributed by atoms with Crippen LogP contribution in [0.15, 0.2) is 29.4 Å². The topological polar surface area (TPSA) is 48.8 Å². The summed E-state index contributed by atoms with van der Waals surface area (Å²) in [5, 5.41) is 3.48. The van der Waals surface area contributed by atoms with Crippen LogP contribution >= 0.6 is 22.6 Å². The Hall–Kier alpha value is -0.740. The summed E-state index contributed by atoms with van der Waals surface area (Å²) in [7, 11) is 0. The summed E-state index contributed by atoms with van der Waals surface area (Å²) in [5.41, 5.74) is 8.78. The number of rotatable bonds is 1. The van der Waals surface area contributed by atoms with Crippen molar-refractivity contribution in [1.29, 1.82) is 0 Å². The Balaban J connectivity index is 3.14. The van der Waals surface area contributed by atoms with E-state index in [2.05, 4.69) is 32.6 Å². The molecule has 0 saturated heterocycles. The van der Waals surface area contributed by atoms with Crippen molar-refractivity contribution in [2.24, 2.45) is 5.11 Å². The summed E-state index contributed by atoms with van der Waals surface area (Å²) in [6, 6.07) is 7.41. The molecule has 0 unspecified atom stereocenters. The van der Waals surface area contributed by atoms with E-state index in [1.54, 1.807) is 6.07 Å². The third-order valence-corrected chi connectivity index (χ3v) is 1.92. The average molecular weight is 245 g/mol. The molecular formula is C6H4IN3. The van der Waals surface area contributed by atoms with Gasteiger partial charge >= 0.3 is 0 Å². The number of nitrogens with zero attached hydrogens (tertiary/aromatic N) is 3. The highest BCUT2D eigenvalue weighted by molar-refractivity contribution is 14.1. The second-order valence-corrected chi connectivity index (χ2v) is 2.80. The van der Waals surface area contributed by atoms with Crippen LogP contribution in [-0.4, -0.2) is 0 Å². The predicted octanol–water partition coefficient (Wildman–Crippen LogP) is 3.23. The zero-order valence-electron chi connectivity index (χ0n) is 5.03. The van der Waals surface area contributed by atoms with Gasteiger partial charge in [-0.05, 0) is 34.2 Å². The maximum atomic E-state index is 8.10. The lowest BCUT2D eigenvalue weighted by molar-refractivity contribution is 1.45. The van der Waals surface area contributed by atoms with Gasteiger partial charge in [0.1, 0.15) is 0 Å². The molecule has 10 heavy (non-hydrogen) atoms. The summed E-state index contributed by atoms with van der Waals surface area (Å²) in [4.78, 5) is 2.69. The Morgan fingerprint density at radius 3 is 2.70 bits per heavy atom. The van der Waals surface area contributed by atoms with E-state index in [0.717, 1.165) is 3.57 Å². The van der Waals surface area contributed by atoms with E-state index in [-0.39, 0.29) is 0 Å². The fourth-order valence-corrected chi connectivity index (χ4v) is 1.08. The first-order chi connectivity index (χ1) is 4.84. The Morgan fingerprint density at radius 2 is 2.10 bits per heavy atom. The minimum atomic E-state index is 0.686. The van der Waals surface area contributed by atoms with E-state index in [1.165, 1.54) is 0 Å². The van der Waals surface area contributed by atoms with Crippen molar-refractivity contribution in [3.63, 3.8) is 0 Å². The molecule has 50 valence electrons. The molecule has 0 N–H and O–H groups in total. The fourth-order valence-electron chi connectivity index (χ4n) is 0.581. The molecule has 0 radical (unpaired) electrons. The minimum absolute atomic E-state index is 0.686. The van der Waals surface area contributed by atoms with Crippen LogP contribution in [0.2, 0.25) is 0 Å². The highest BCUT2D eigenvalue weighted by Gasteiger charge is 1.91. The molecule has 0 aliphatic heterocycles. The number of hydrogen-bond donors (Lipinski definition) is 0. The van der Waals surface area contributed by atoms with Crippen molar-refractivity contribution in [2.75, 3.05) is 0 Å². The summed E-state index contributed by atoms with van der Waals surface area (Å²) >= 11 is 2.12. The van der Waals surface area contributed by atoms with E-state index in [4.69, 9.17) is 5.53 Å². The quantitative estimate of drug-likeness (QED) is 0.315. The van der Waals surface area contributed by atoms with Crippen molar-refractivity contribution in [1.82, 2.24) is 0 Å². The minimum Gasteiger partial charge on any atom is -0.0617 e. The van der Waals surface area contributed by atoms with Crippen LogP contribution in [0.25, 0.3) is 10.4 Å². The molecule has 0 saturated carbocycles. The van der Waals surface area contributed by atoms with Crippen LogP contribution in [0.3, 0.4) is 0 Å². The Kier molecular flexibility index (Phi) is 2.53. The predicted molar refractivity (Wildman–Crippen MR) is 48.0 cm³/mol. The van der Waals surface area contributed by atoms with Gasteiger partial charge in [0, 0.05) is 8.48 Å². The molecule has 0 aliphatic carbocycles. The van der Waals surface area contributed by atoms with Crippen LogP contribution < -0.4 is 0 Å². The molecule has 0 atom stereocenters. The van der Waals surface area contributed by atoms with E-state index in [0.29, 0.717) is 5.69 Å². The van der Waals surface area contributed by atoms with Crippen LogP contribution in [0.5, 0.6) is 0 Å². The molecule has 0 heterocycles. The van der Waals surface area contributed by atoms with Crippen molar-refractivity contribution in [3.05, 3.63) is 38.3 Å². The van der Waals surface area contributed by atoms with E-state index >= 15 is 0 Å². The molecule has 0 amide bonds. The van der Waals surface area contributed by atoms with Gasteiger partial charge in [0.25, 0.3) is 0 Å². The molecule has 0 spiro atoms. The van der Waals surface area contributed by atoms with Crippen LogP contribution in [-0.2, 0) is 0 Å². The maximum Gasteiger partial charge on any atom is 0.0508 e. The third-order valence-electron chi connectivity index (χ3n) is 1.00. The Labute approximate surface area is 71.8 Å². The van der Waals surface area contributed by atoms with E-state index in [9.17, 15) is 0 Å². The first kappa shape index (κ1) is 7.37. The lowest BCUT2D eigenvalue weighted by Crippen LogP contribution is -1.67. The van der Waals surface area contributed by atoms with Gasteiger partial charge in [0.05, 0.1) is 5.69 Å². The van der Waals surface area contributed by atoms with Crippen molar-refractivity contribution < 1.29 is 0 Å². The zero-order valence-corrected chi connectivity index (χ0v) is 7.19. The number of benzene rings is 1. The second-order valence-electron chi connectivity index (χ2n) is 1.64. The monoisotopic (exact) mass is 245 g/mol. The van der Waals surface area contributed by atoms with E-state index < -0.39 is 0 Å². The maximum absolute atomic E-state index is 8.10. The molecule has 0 bridgehead atoms. The first-order valence-electron chi connectivity index (χ1n) is 2.64. The average Bonchev–Trinajstić information content (AvgIpc) is 1.94. The molecule has 0 aromatic heterocycles. The van der Waals surface area contributed by atoms with Crippen molar-refractivity contribution in [2.45, 2.75) is 0 Å². The van der Waals surface area contributed by atoms with Gasteiger partial charge in [-0.15, -0.1) is 0 Å².